The van der Waals surface area contributed by atoms with E-state index in [4.69, 9.17) is 0 Å². The lowest BCUT2D eigenvalue weighted by Gasteiger charge is -2.17. The van der Waals surface area contributed by atoms with E-state index in [-0.39, 0.29) is 0 Å². The van der Waals surface area contributed by atoms with Crippen LogP contribution >= 0.6 is 0 Å². The average Bonchev–Trinajstić information content (AvgIpc) is 2.75. The molecule has 0 aliphatic carbocycles. The number of aromatic nitrogens is 3. The maximum Gasteiger partial charge on any atom is 0.128 e. The minimum atomic E-state index is -0.477. The zero-order valence-electron chi connectivity index (χ0n) is 10.9. The summed E-state index contributed by atoms with van der Waals surface area (Å²) in [6.07, 6.45) is 5.07. The number of nitrogens with zero attached hydrogens (tertiary/aromatic N) is 4. The molecule has 5 nitrogen and oxygen atoms in total. The molecule has 0 aliphatic heterocycles. The van der Waals surface area contributed by atoms with Crippen molar-refractivity contribution < 1.29 is 5.11 Å². The van der Waals surface area contributed by atoms with E-state index in [1.165, 1.54) is 0 Å². The van der Waals surface area contributed by atoms with Crippen molar-refractivity contribution in [3.8, 4) is 0 Å². The summed E-state index contributed by atoms with van der Waals surface area (Å²) in [6, 6.07) is 3.81. The van der Waals surface area contributed by atoms with Crippen molar-refractivity contribution in [2.24, 2.45) is 7.05 Å². The van der Waals surface area contributed by atoms with E-state index < -0.39 is 6.10 Å². The van der Waals surface area contributed by atoms with Crippen molar-refractivity contribution in [1.29, 1.82) is 0 Å². The van der Waals surface area contributed by atoms with Gasteiger partial charge >= 0.3 is 0 Å². The molecule has 0 spiro atoms. The van der Waals surface area contributed by atoms with E-state index in [1.807, 2.05) is 43.5 Å². The molecular weight excluding hydrogens is 228 g/mol. The van der Waals surface area contributed by atoms with E-state index in [0.717, 1.165) is 23.5 Å². The van der Waals surface area contributed by atoms with Crippen LogP contribution in [0, 0.1) is 0 Å². The van der Waals surface area contributed by atoms with Gasteiger partial charge < -0.3 is 10.0 Å². The van der Waals surface area contributed by atoms with Crippen molar-refractivity contribution in [1.82, 2.24) is 14.8 Å². The molecule has 0 aromatic carbocycles. The molecule has 5 heteroatoms. The van der Waals surface area contributed by atoms with Gasteiger partial charge in [0.15, 0.2) is 0 Å². The number of aryl methyl sites for hydroxylation is 1. The first kappa shape index (κ1) is 12.6. The Labute approximate surface area is 107 Å². The third kappa shape index (κ3) is 2.87. The van der Waals surface area contributed by atoms with Crippen molar-refractivity contribution in [2.45, 2.75) is 19.6 Å². The maximum absolute atomic E-state index is 9.43. The summed E-state index contributed by atoms with van der Waals surface area (Å²) in [5, 5.41) is 13.6. The van der Waals surface area contributed by atoms with Crippen LogP contribution in [0.4, 0.5) is 5.82 Å². The number of pyridine rings is 1. The van der Waals surface area contributed by atoms with Crippen molar-refractivity contribution >= 4 is 5.82 Å². The molecule has 0 aliphatic rings. The molecule has 0 amide bonds. The topological polar surface area (TPSA) is 54.2 Å². The van der Waals surface area contributed by atoms with Gasteiger partial charge in [-0.25, -0.2) is 4.98 Å². The molecule has 1 atom stereocenters. The highest BCUT2D eigenvalue weighted by Crippen LogP contribution is 2.16. The Morgan fingerprint density at radius 3 is 2.67 bits per heavy atom. The van der Waals surface area contributed by atoms with Crippen molar-refractivity contribution in [3.63, 3.8) is 0 Å². The van der Waals surface area contributed by atoms with E-state index in [0.29, 0.717) is 0 Å². The molecule has 0 radical (unpaired) electrons. The highest BCUT2D eigenvalue weighted by atomic mass is 16.3. The minimum absolute atomic E-state index is 0.477. The second-order valence-corrected chi connectivity index (χ2v) is 4.50. The number of aliphatic hydroxyl groups is 1. The number of aliphatic hydroxyl groups excluding tert-OH is 1. The number of rotatable bonds is 4. The molecule has 96 valence electrons. The Hall–Kier alpha value is -1.88. The fourth-order valence-corrected chi connectivity index (χ4v) is 1.78. The molecule has 0 saturated heterocycles. The largest absolute Gasteiger partial charge is 0.389 e. The monoisotopic (exact) mass is 246 g/mol. The lowest BCUT2D eigenvalue weighted by molar-refractivity contribution is 0.199. The van der Waals surface area contributed by atoms with E-state index in [2.05, 4.69) is 10.1 Å². The van der Waals surface area contributed by atoms with Crippen LogP contribution in [-0.2, 0) is 13.6 Å². The van der Waals surface area contributed by atoms with E-state index in [9.17, 15) is 5.11 Å². The van der Waals surface area contributed by atoms with Crippen LogP contribution < -0.4 is 4.90 Å². The Morgan fingerprint density at radius 2 is 2.17 bits per heavy atom. The molecule has 2 rings (SSSR count). The van der Waals surface area contributed by atoms with Crippen molar-refractivity contribution in [3.05, 3.63) is 41.9 Å². The fraction of sp³-hybridized carbons (Fsp3) is 0.385. The molecule has 0 bridgehead atoms. The van der Waals surface area contributed by atoms with Crippen LogP contribution in [0.2, 0.25) is 0 Å². The van der Waals surface area contributed by atoms with Gasteiger partial charge in [-0.1, -0.05) is 6.07 Å². The van der Waals surface area contributed by atoms with Crippen LogP contribution in [0.5, 0.6) is 0 Å². The predicted molar refractivity (Wildman–Crippen MR) is 70.2 cm³/mol. The smallest absolute Gasteiger partial charge is 0.128 e. The molecule has 2 aromatic rings. The van der Waals surface area contributed by atoms with Gasteiger partial charge in [-0.2, -0.15) is 5.10 Å². The summed E-state index contributed by atoms with van der Waals surface area (Å²) in [5.41, 5.74) is 1.97. The fourth-order valence-electron chi connectivity index (χ4n) is 1.78. The van der Waals surface area contributed by atoms with Gasteiger partial charge in [-0.05, 0) is 18.6 Å². The summed E-state index contributed by atoms with van der Waals surface area (Å²) in [7, 11) is 3.89. The van der Waals surface area contributed by atoms with Gasteiger partial charge in [0, 0.05) is 38.6 Å². The normalized spacial score (nSPS) is 12.4. The predicted octanol–water partition coefficient (Wildman–Crippen LogP) is 1.50. The van der Waals surface area contributed by atoms with Gasteiger partial charge in [0.2, 0.25) is 0 Å². The van der Waals surface area contributed by atoms with Gasteiger partial charge in [0.1, 0.15) is 5.82 Å². The lowest BCUT2D eigenvalue weighted by Crippen LogP contribution is -2.17. The number of anilines is 1. The molecule has 0 fully saturated rings. The zero-order valence-corrected chi connectivity index (χ0v) is 10.9. The Balaban J connectivity index is 2.06. The highest BCUT2D eigenvalue weighted by Gasteiger charge is 2.06. The summed E-state index contributed by atoms with van der Waals surface area (Å²) in [4.78, 5) is 6.39. The van der Waals surface area contributed by atoms with Crippen LogP contribution in [-0.4, -0.2) is 26.9 Å². The number of hydrogen-bond donors (Lipinski definition) is 1. The zero-order chi connectivity index (χ0) is 13.1. The third-order valence-electron chi connectivity index (χ3n) is 2.82. The van der Waals surface area contributed by atoms with Crippen LogP contribution in [0.25, 0.3) is 0 Å². The Kier molecular flexibility index (Phi) is 3.62. The first-order valence-electron chi connectivity index (χ1n) is 5.89. The van der Waals surface area contributed by atoms with Crippen molar-refractivity contribution in [2.75, 3.05) is 11.9 Å². The van der Waals surface area contributed by atoms with Gasteiger partial charge in [-0.3, -0.25) is 4.68 Å². The second kappa shape index (κ2) is 5.18. The van der Waals surface area contributed by atoms with E-state index in [1.54, 1.807) is 17.8 Å². The molecule has 18 heavy (non-hydrogen) atoms. The molecule has 2 heterocycles. The van der Waals surface area contributed by atoms with Gasteiger partial charge in [0.25, 0.3) is 0 Å². The summed E-state index contributed by atoms with van der Waals surface area (Å²) in [5.74, 6) is 0.878. The Bertz CT molecular complexity index is 504. The first-order chi connectivity index (χ1) is 8.56. The standard InChI is InChI=1S/C13H18N4O/c1-10(18)12-4-5-13(14-7-12)16(2)8-11-6-15-17(3)9-11/h4-7,9-10,18H,8H2,1-3H3/t10-/m1/s1. The summed E-state index contributed by atoms with van der Waals surface area (Å²) < 4.78 is 1.78. The Morgan fingerprint density at radius 1 is 1.39 bits per heavy atom. The lowest BCUT2D eigenvalue weighted by atomic mass is 10.2. The SMILES string of the molecule is C[C@@H](O)c1ccc(N(C)Cc2cnn(C)c2)nc1. The van der Waals surface area contributed by atoms with Crippen LogP contribution in [0.1, 0.15) is 24.2 Å². The first-order valence-corrected chi connectivity index (χ1v) is 5.89. The van der Waals surface area contributed by atoms with E-state index >= 15 is 0 Å². The molecular formula is C13H18N4O. The second-order valence-electron chi connectivity index (χ2n) is 4.50. The maximum atomic E-state index is 9.43. The quantitative estimate of drug-likeness (QED) is 0.888. The number of hydrogen-bond acceptors (Lipinski definition) is 4. The minimum Gasteiger partial charge on any atom is -0.389 e. The van der Waals surface area contributed by atoms with Gasteiger partial charge in [0.05, 0.1) is 12.3 Å². The third-order valence-corrected chi connectivity index (χ3v) is 2.82. The summed E-state index contributed by atoms with van der Waals surface area (Å²) in [6.45, 7) is 2.49. The molecule has 2 aromatic heterocycles. The van der Waals surface area contributed by atoms with Gasteiger partial charge in [-0.15, -0.1) is 0 Å². The molecule has 0 unspecified atom stereocenters. The highest BCUT2D eigenvalue weighted by molar-refractivity contribution is 5.39. The van der Waals surface area contributed by atoms with Crippen LogP contribution in [0.3, 0.4) is 0 Å². The average molecular weight is 246 g/mol. The molecule has 0 saturated carbocycles. The summed E-state index contributed by atoms with van der Waals surface area (Å²) >= 11 is 0. The molecule has 1 N–H and O–H groups in total. The van der Waals surface area contributed by atoms with Crippen LogP contribution in [0.15, 0.2) is 30.7 Å².